The second kappa shape index (κ2) is 11.7. The molecule has 1 saturated heterocycles. The second-order valence-electron chi connectivity index (χ2n) is 8.01. The number of carbonyl (C=O) groups excluding carboxylic acids is 2. The predicted molar refractivity (Wildman–Crippen MR) is 124 cm³/mol. The van der Waals surface area contributed by atoms with E-state index < -0.39 is 42.6 Å². The van der Waals surface area contributed by atoms with Crippen molar-refractivity contribution >= 4 is 11.9 Å². The number of hydrogen-bond donors (Lipinski definition) is 2. The summed E-state index contributed by atoms with van der Waals surface area (Å²) >= 11 is 0. The van der Waals surface area contributed by atoms with Gasteiger partial charge in [0.05, 0.1) is 11.1 Å². The normalized spacial score (nSPS) is 21.1. The first-order valence-corrected chi connectivity index (χ1v) is 11.2. The molecular weight excluding hydrogens is 452 g/mol. The van der Waals surface area contributed by atoms with Crippen LogP contribution in [0.5, 0.6) is 0 Å². The van der Waals surface area contributed by atoms with Crippen molar-refractivity contribution in [3.8, 4) is 0 Å². The quantitative estimate of drug-likeness (QED) is 0.452. The molecule has 4 unspecified atom stereocenters. The molecule has 182 valence electrons. The molecule has 35 heavy (non-hydrogen) atoms. The van der Waals surface area contributed by atoms with Gasteiger partial charge in [-0.15, -0.1) is 0 Å². The maximum absolute atomic E-state index is 12.3. The first-order chi connectivity index (χ1) is 17.0. The van der Waals surface area contributed by atoms with Crippen LogP contribution in [-0.2, 0) is 18.9 Å². The number of benzene rings is 3. The lowest BCUT2D eigenvalue weighted by atomic mass is 10.0. The SMILES string of the molecule is O=C(OCC(O)C1OC(c2ccccc2)OC1C(O)COC(=O)c1ccccc1)c1ccccc1. The summed E-state index contributed by atoms with van der Waals surface area (Å²) < 4.78 is 22.3. The Morgan fingerprint density at radius 2 is 1.03 bits per heavy atom. The maximum Gasteiger partial charge on any atom is 0.338 e. The number of aliphatic hydroxyl groups is 2. The minimum Gasteiger partial charge on any atom is -0.459 e. The van der Waals surface area contributed by atoms with E-state index in [4.69, 9.17) is 18.9 Å². The highest BCUT2D eigenvalue weighted by Crippen LogP contribution is 2.34. The molecule has 2 N–H and O–H groups in total. The van der Waals surface area contributed by atoms with Gasteiger partial charge in [0.25, 0.3) is 0 Å². The molecule has 8 nitrogen and oxygen atoms in total. The number of carbonyl (C=O) groups is 2. The standard InChI is InChI=1S/C27H26O8/c28-21(16-32-25(30)18-10-4-1-5-11-18)23-24(35-27(34-23)20-14-8-3-9-15-20)22(29)17-33-26(31)19-12-6-2-7-13-19/h1-15,21-24,27-29H,16-17H2. The van der Waals surface area contributed by atoms with Crippen LogP contribution in [0.15, 0.2) is 91.0 Å². The average molecular weight is 478 g/mol. The van der Waals surface area contributed by atoms with Gasteiger partial charge in [0.2, 0.25) is 0 Å². The predicted octanol–water partition coefficient (Wildman–Crippen LogP) is 2.91. The third-order valence-corrected chi connectivity index (χ3v) is 5.50. The van der Waals surface area contributed by atoms with Crippen LogP contribution in [-0.4, -0.2) is 59.8 Å². The van der Waals surface area contributed by atoms with E-state index >= 15 is 0 Å². The van der Waals surface area contributed by atoms with Crippen molar-refractivity contribution in [1.29, 1.82) is 0 Å². The molecule has 1 fully saturated rings. The zero-order chi connectivity index (χ0) is 24.6. The molecule has 1 aliphatic rings. The second-order valence-corrected chi connectivity index (χ2v) is 8.01. The van der Waals surface area contributed by atoms with Crippen LogP contribution < -0.4 is 0 Å². The van der Waals surface area contributed by atoms with Crippen LogP contribution >= 0.6 is 0 Å². The van der Waals surface area contributed by atoms with Gasteiger partial charge in [0, 0.05) is 5.56 Å². The van der Waals surface area contributed by atoms with Crippen molar-refractivity contribution in [2.24, 2.45) is 0 Å². The Bertz CT molecular complexity index is 1020. The Kier molecular flexibility index (Phi) is 8.23. The molecule has 1 heterocycles. The van der Waals surface area contributed by atoms with E-state index in [9.17, 15) is 19.8 Å². The smallest absolute Gasteiger partial charge is 0.338 e. The van der Waals surface area contributed by atoms with Gasteiger partial charge >= 0.3 is 11.9 Å². The first kappa shape index (κ1) is 24.6. The molecule has 4 atom stereocenters. The van der Waals surface area contributed by atoms with Gasteiger partial charge in [0.1, 0.15) is 37.6 Å². The highest BCUT2D eigenvalue weighted by Gasteiger charge is 2.45. The Balaban J connectivity index is 1.42. The van der Waals surface area contributed by atoms with Crippen LogP contribution in [0.1, 0.15) is 32.6 Å². The minimum atomic E-state index is -1.30. The van der Waals surface area contributed by atoms with Crippen LogP contribution in [0.4, 0.5) is 0 Å². The number of ether oxygens (including phenoxy) is 4. The van der Waals surface area contributed by atoms with E-state index in [-0.39, 0.29) is 13.2 Å². The van der Waals surface area contributed by atoms with Crippen molar-refractivity contribution in [2.45, 2.75) is 30.7 Å². The molecule has 8 heteroatoms. The summed E-state index contributed by atoms with van der Waals surface area (Å²) in [5.74, 6) is -1.20. The zero-order valence-corrected chi connectivity index (χ0v) is 18.8. The van der Waals surface area contributed by atoms with Crippen LogP contribution in [0, 0.1) is 0 Å². The molecule has 4 rings (SSSR count). The molecule has 0 amide bonds. The third kappa shape index (κ3) is 6.32. The Hall–Kier alpha value is -3.56. The largest absolute Gasteiger partial charge is 0.459 e. The molecule has 1 aliphatic heterocycles. The highest BCUT2D eigenvalue weighted by molar-refractivity contribution is 5.89. The van der Waals surface area contributed by atoms with E-state index in [2.05, 4.69) is 0 Å². The Morgan fingerprint density at radius 1 is 0.657 bits per heavy atom. The Labute approximate surface area is 202 Å². The van der Waals surface area contributed by atoms with Gasteiger partial charge in [0.15, 0.2) is 6.29 Å². The van der Waals surface area contributed by atoms with E-state index in [0.29, 0.717) is 16.7 Å². The summed E-state index contributed by atoms with van der Waals surface area (Å²) in [6.07, 6.45) is -5.57. The van der Waals surface area contributed by atoms with Crippen molar-refractivity contribution in [1.82, 2.24) is 0 Å². The van der Waals surface area contributed by atoms with Crippen LogP contribution in [0.3, 0.4) is 0 Å². The van der Waals surface area contributed by atoms with E-state index in [1.54, 1.807) is 84.9 Å². The maximum atomic E-state index is 12.3. The molecule has 0 saturated carbocycles. The van der Waals surface area contributed by atoms with Crippen LogP contribution in [0.25, 0.3) is 0 Å². The van der Waals surface area contributed by atoms with Crippen molar-refractivity contribution in [3.63, 3.8) is 0 Å². The molecule has 0 spiro atoms. The fourth-order valence-corrected chi connectivity index (χ4v) is 3.69. The molecule has 0 aromatic heterocycles. The molecule has 0 aliphatic carbocycles. The van der Waals surface area contributed by atoms with E-state index in [1.807, 2.05) is 6.07 Å². The summed E-state index contributed by atoms with van der Waals surface area (Å²) in [7, 11) is 0. The average Bonchev–Trinajstić information content (AvgIpc) is 3.37. The van der Waals surface area contributed by atoms with Crippen molar-refractivity contribution in [2.75, 3.05) is 13.2 Å². The third-order valence-electron chi connectivity index (χ3n) is 5.50. The van der Waals surface area contributed by atoms with E-state index in [0.717, 1.165) is 0 Å². The molecule has 0 radical (unpaired) electrons. The molecule has 3 aromatic carbocycles. The molecular formula is C27H26O8. The number of esters is 2. The number of hydrogen-bond acceptors (Lipinski definition) is 8. The lowest BCUT2D eigenvalue weighted by Crippen LogP contribution is -2.46. The number of rotatable bonds is 9. The summed E-state index contributed by atoms with van der Waals surface area (Å²) in [4.78, 5) is 24.5. The van der Waals surface area contributed by atoms with Crippen molar-refractivity contribution < 1.29 is 38.7 Å². The summed E-state index contributed by atoms with van der Waals surface area (Å²) in [6, 6.07) is 25.8. The molecule has 3 aromatic rings. The number of aliphatic hydroxyl groups excluding tert-OH is 2. The Morgan fingerprint density at radius 3 is 1.43 bits per heavy atom. The van der Waals surface area contributed by atoms with Gasteiger partial charge in [-0.25, -0.2) is 9.59 Å². The lowest BCUT2D eigenvalue weighted by molar-refractivity contribution is -0.0966. The fourth-order valence-electron chi connectivity index (χ4n) is 3.69. The first-order valence-electron chi connectivity index (χ1n) is 11.2. The van der Waals surface area contributed by atoms with Crippen molar-refractivity contribution in [3.05, 3.63) is 108 Å². The summed E-state index contributed by atoms with van der Waals surface area (Å²) in [5, 5.41) is 21.6. The summed E-state index contributed by atoms with van der Waals surface area (Å²) in [6.45, 7) is -0.757. The monoisotopic (exact) mass is 478 g/mol. The topological polar surface area (TPSA) is 112 Å². The lowest BCUT2D eigenvalue weighted by Gasteiger charge is -2.25. The molecule has 0 bridgehead atoms. The van der Waals surface area contributed by atoms with Gasteiger partial charge in [-0.1, -0.05) is 66.7 Å². The minimum absolute atomic E-state index is 0.342. The van der Waals surface area contributed by atoms with Gasteiger partial charge in [-0.2, -0.15) is 0 Å². The van der Waals surface area contributed by atoms with Gasteiger partial charge in [-0.3, -0.25) is 0 Å². The highest BCUT2D eigenvalue weighted by atomic mass is 16.7. The fraction of sp³-hybridized carbons (Fsp3) is 0.259. The zero-order valence-electron chi connectivity index (χ0n) is 18.8. The van der Waals surface area contributed by atoms with Gasteiger partial charge in [-0.05, 0) is 24.3 Å². The van der Waals surface area contributed by atoms with E-state index in [1.165, 1.54) is 0 Å². The summed E-state index contributed by atoms with van der Waals surface area (Å²) in [5.41, 5.74) is 1.37. The van der Waals surface area contributed by atoms with Crippen LogP contribution in [0.2, 0.25) is 0 Å². The van der Waals surface area contributed by atoms with Gasteiger partial charge < -0.3 is 29.2 Å².